The number of aryl methyl sites for hydroxylation is 2. The summed E-state index contributed by atoms with van der Waals surface area (Å²) in [5.74, 6) is 0.673. The van der Waals surface area contributed by atoms with Crippen LogP contribution in [0.2, 0.25) is 5.15 Å². The summed E-state index contributed by atoms with van der Waals surface area (Å²) in [7, 11) is 0. The zero-order chi connectivity index (χ0) is 11.5. The summed E-state index contributed by atoms with van der Waals surface area (Å²) in [6.07, 6.45) is 3.76. The monoisotopic (exact) mass is 240 g/mol. The molecule has 0 radical (unpaired) electrons. The fraction of sp³-hybridized carbons (Fsp3) is 0.636. The lowest BCUT2D eigenvalue weighted by molar-refractivity contribution is 0.272. The number of piperidine rings is 1. The fourth-order valence-electron chi connectivity index (χ4n) is 1.80. The predicted molar refractivity (Wildman–Crippen MR) is 65.6 cm³/mol. The molecule has 2 heterocycles. The molecule has 1 aliphatic heterocycles. The lowest BCUT2D eigenvalue weighted by Crippen LogP contribution is -2.35. The Kier molecular flexibility index (Phi) is 3.61. The Labute approximate surface area is 101 Å². The van der Waals surface area contributed by atoms with Crippen LogP contribution in [0.3, 0.4) is 0 Å². The average Bonchev–Trinajstić information content (AvgIpc) is 2.27. The molecular formula is C11H17ClN4. The molecule has 0 amide bonds. The summed E-state index contributed by atoms with van der Waals surface area (Å²) < 4.78 is 0. The minimum Gasteiger partial charge on any atom is -0.301 e. The topological polar surface area (TPSA) is 41.1 Å². The molecule has 5 heteroatoms. The van der Waals surface area contributed by atoms with Gasteiger partial charge in [-0.3, -0.25) is 0 Å². The van der Waals surface area contributed by atoms with E-state index >= 15 is 0 Å². The Bertz CT molecular complexity index is 374. The van der Waals surface area contributed by atoms with Gasteiger partial charge in [-0.1, -0.05) is 18.0 Å². The van der Waals surface area contributed by atoms with Crippen molar-refractivity contribution < 1.29 is 0 Å². The van der Waals surface area contributed by atoms with Crippen LogP contribution in [-0.4, -0.2) is 28.1 Å². The molecule has 16 heavy (non-hydrogen) atoms. The van der Waals surface area contributed by atoms with Crippen molar-refractivity contribution in [3.63, 3.8) is 0 Å². The lowest BCUT2D eigenvalue weighted by Gasteiger charge is -2.27. The highest BCUT2D eigenvalue weighted by atomic mass is 35.5. The summed E-state index contributed by atoms with van der Waals surface area (Å²) in [5, 5.41) is 2.61. The summed E-state index contributed by atoms with van der Waals surface area (Å²) in [6.45, 7) is 5.95. The van der Waals surface area contributed by atoms with Crippen molar-refractivity contribution in [1.29, 1.82) is 0 Å². The molecule has 0 unspecified atom stereocenters. The van der Waals surface area contributed by atoms with E-state index < -0.39 is 0 Å². The number of halogens is 1. The van der Waals surface area contributed by atoms with E-state index in [1.807, 2.05) is 13.8 Å². The Hall–Kier alpha value is -0.870. The Morgan fingerprint density at radius 2 is 1.69 bits per heavy atom. The number of hydrogen-bond donors (Lipinski definition) is 1. The van der Waals surface area contributed by atoms with E-state index in [-0.39, 0.29) is 0 Å². The molecule has 2 rings (SSSR count). The predicted octanol–water partition coefficient (Wildman–Crippen LogP) is 2.56. The molecule has 0 spiro atoms. The first-order chi connectivity index (χ1) is 7.66. The largest absolute Gasteiger partial charge is 0.301 e. The van der Waals surface area contributed by atoms with Crippen molar-refractivity contribution in [2.45, 2.75) is 33.1 Å². The molecule has 1 N–H and O–H groups in total. The third-order valence-electron chi connectivity index (χ3n) is 2.88. The van der Waals surface area contributed by atoms with Gasteiger partial charge >= 0.3 is 0 Å². The summed E-state index contributed by atoms with van der Waals surface area (Å²) in [6, 6.07) is 0. The number of hydrogen-bond acceptors (Lipinski definition) is 4. The fourth-order valence-corrected chi connectivity index (χ4v) is 2.01. The maximum absolute atomic E-state index is 6.06. The molecule has 1 aliphatic rings. The van der Waals surface area contributed by atoms with Crippen LogP contribution in [-0.2, 0) is 0 Å². The number of nitrogens with zero attached hydrogens (tertiary/aromatic N) is 3. The van der Waals surface area contributed by atoms with E-state index in [1.165, 1.54) is 19.3 Å². The summed E-state index contributed by atoms with van der Waals surface area (Å²) in [4.78, 5) is 8.67. The van der Waals surface area contributed by atoms with E-state index in [0.717, 1.165) is 24.5 Å². The number of hydrazine groups is 1. The zero-order valence-electron chi connectivity index (χ0n) is 9.76. The van der Waals surface area contributed by atoms with E-state index in [4.69, 9.17) is 11.6 Å². The van der Waals surface area contributed by atoms with Crippen molar-refractivity contribution >= 4 is 17.4 Å². The van der Waals surface area contributed by atoms with Gasteiger partial charge in [-0.2, -0.15) is 0 Å². The van der Waals surface area contributed by atoms with E-state index in [2.05, 4.69) is 20.4 Å². The van der Waals surface area contributed by atoms with Crippen LogP contribution in [0.5, 0.6) is 0 Å². The maximum atomic E-state index is 6.06. The van der Waals surface area contributed by atoms with Crippen molar-refractivity contribution in [3.05, 3.63) is 16.5 Å². The molecular weight excluding hydrogens is 224 g/mol. The van der Waals surface area contributed by atoms with Crippen LogP contribution in [0.15, 0.2) is 0 Å². The SMILES string of the molecule is Cc1nc(Cl)c(NN2CCCCC2)nc1C. The van der Waals surface area contributed by atoms with E-state index in [9.17, 15) is 0 Å². The molecule has 0 saturated carbocycles. The molecule has 0 bridgehead atoms. The van der Waals surface area contributed by atoms with Crippen LogP contribution in [0.25, 0.3) is 0 Å². The first kappa shape index (κ1) is 11.6. The number of rotatable bonds is 2. The van der Waals surface area contributed by atoms with Gasteiger partial charge < -0.3 is 5.43 Å². The molecule has 0 atom stereocenters. The first-order valence-electron chi connectivity index (χ1n) is 5.69. The molecule has 1 aromatic heterocycles. The van der Waals surface area contributed by atoms with Gasteiger partial charge in [0.1, 0.15) is 0 Å². The second-order valence-electron chi connectivity index (χ2n) is 4.19. The van der Waals surface area contributed by atoms with Crippen molar-refractivity contribution in [1.82, 2.24) is 15.0 Å². The number of aromatic nitrogens is 2. The van der Waals surface area contributed by atoms with Gasteiger partial charge in [0.05, 0.1) is 11.4 Å². The molecule has 4 nitrogen and oxygen atoms in total. The zero-order valence-corrected chi connectivity index (χ0v) is 10.5. The van der Waals surface area contributed by atoms with Crippen LogP contribution in [0.4, 0.5) is 5.82 Å². The van der Waals surface area contributed by atoms with Crippen molar-refractivity contribution in [3.8, 4) is 0 Å². The minimum absolute atomic E-state index is 0.452. The van der Waals surface area contributed by atoms with Gasteiger partial charge in [0.15, 0.2) is 11.0 Å². The molecule has 1 fully saturated rings. The third-order valence-corrected chi connectivity index (χ3v) is 3.15. The van der Waals surface area contributed by atoms with Crippen molar-refractivity contribution in [2.75, 3.05) is 18.5 Å². The van der Waals surface area contributed by atoms with Crippen LogP contribution in [0.1, 0.15) is 30.7 Å². The van der Waals surface area contributed by atoms with Gasteiger partial charge in [-0.25, -0.2) is 15.0 Å². The average molecular weight is 241 g/mol. The molecule has 1 saturated heterocycles. The molecule has 1 aromatic rings. The highest BCUT2D eigenvalue weighted by Gasteiger charge is 2.13. The second-order valence-corrected chi connectivity index (χ2v) is 4.55. The van der Waals surface area contributed by atoms with Gasteiger partial charge in [0, 0.05) is 13.1 Å². The molecule has 0 aromatic carbocycles. The highest BCUT2D eigenvalue weighted by molar-refractivity contribution is 6.31. The Morgan fingerprint density at radius 3 is 2.38 bits per heavy atom. The van der Waals surface area contributed by atoms with Gasteiger partial charge in [0.25, 0.3) is 0 Å². The highest BCUT2D eigenvalue weighted by Crippen LogP contribution is 2.20. The van der Waals surface area contributed by atoms with E-state index in [0.29, 0.717) is 11.0 Å². The van der Waals surface area contributed by atoms with Crippen LogP contribution in [0, 0.1) is 13.8 Å². The second kappa shape index (κ2) is 4.97. The smallest absolute Gasteiger partial charge is 0.178 e. The third kappa shape index (κ3) is 2.62. The van der Waals surface area contributed by atoms with Crippen LogP contribution >= 0.6 is 11.6 Å². The number of anilines is 1. The first-order valence-corrected chi connectivity index (χ1v) is 6.07. The standard InChI is InChI=1S/C11H17ClN4/c1-8-9(2)14-11(10(12)13-8)15-16-6-4-3-5-7-16/h3-7H2,1-2H3,(H,14,15). The maximum Gasteiger partial charge on any atom is 0.178 e. The van der Waals surface area contributed by atoms with E-state index in [1.54, 1.807) is 0 Å². The minimum atomic E-state index is 0.452. The quantitative estimate of drug-likeness (QED) is 0.863. The molecule has 88 valence electrons. The molecule has 0 aliphatic carbocycles. The van der Waals surface area contributed by atoms with Gasteiger partial charge in [-0.15, -0.1) is 0 Å². The normalized spacial score (nSPS) is 17.4. The van der Waals surface area contributed by atoms with Gasteiger partial charge in [-0.05, 0) is 26.7 Å². The number of nitrogens with one attached hydrogen (secondary N) is 1. The van der Waals surface area contributed by atoms with Gasteiger partial charge in [0.2, 0.25) is 0 Å². The van der Waals surface area contributed by atoms with Crippen molar-refractivity contribution in [2.24, 2.45) is 0 Å². The lowest BCUT2D eigenvalue weighted by atomic mass is 10.2. The Morgan fingerprint density at radius 1 is 1.06 bits per heavy atom. The Balaban J connectivity index is 2.11. The summed E-state index contributed by atoms with van der Waals surface area (Å²) in [5.41, 5.74) is 5.05. The summed E-state index contributed by atoms with van der Waals surface area (Å²) >= 11 is 6.06. The van der Waals surface area contributed by atoms with Crippen LogP contribution < -0.4 is 5.43 Å².